The lowest BCUT2D eigenvalue weighted by Crippen LogP contribution is -2.33. The van der Waals surface area contributed by atoms with Crippen molar-refractivity contribution in [2.45, 2.75) is 33.2 Å². The fraction of sp³-hybridized carbons (Fsp3) is 0.346. The highest BCUT2D eigenvalue weighted by Gasteiger charge is 2.46. The van der Waals surface area contributed by atoms with Gasteiger partial charge in [0.25, 0.3) is 11.7 Å². The maximum atomic E-state index is 14.2. The predicted octanol–water partition coefficient (Wildman–Crippen LogP) is 3.94. The number of aromatic nitrogens is 2. The average Bonchev–Trinajstić information content (AvgIpc) is 3.29. The fourth-order valence-electron chi connectivity index (χ4n) is 4.66. The van der Waals surface area contributed by atoms with Crippen LogP contribution in [0.1, 0.15) is 43.3 Å². The number of pyridine rings is 1. The van der Waals surface area contributed by atoms with Gasteiger partial charge in [0.2, 0.25) is 0 Å². The van der Waals surface area contributed by atoms with E-state index in [1.165, 1.54) is 17.0 Å². The summed E-state index contributed by atoms with van der Waals surface area (Å²) < 4.78 is 15.9. The number of aliphatic hydroxyl groups excluding tert-OH is 1. The Bertz CT molecular complexity index is 1260. The van der Waals surface area contributed by atoms with Crippen molar-refractivity contribution in [2.75, 3.05) is 26.2 Å². The molecule has 4 rings (SSSR count). The van der Waals surface area contributed by atoms with Crippen molar-refractivity contribution in [1.82, 2.24) is 19.2 Å². The van der Waals surface area contributed by atoms with Gasteiger partial charge in [0.1, 0.15) is 17.2 Å². The number of hydrogen-bond donors (Lipinski definition) is 1. The summed E-state index contributed by atoms with van der Waals surface area (Å²) in [5.74, 6) is -2.26. The number of carbonyl (C=O) groups excluding carboxylic acids is 2. The molecular formula is C26H29FN4O3. The van der Waals surface area contributed by atoms with Gasteiger partial charge in [-0.15, -0.1) is 0 Å². The normalized spacial score (nSPS) is 17.9. The molecule has 1 aromatic carbocycles. The number of Topliss-reactive ketones (excluding diaryl/α,β-unsaturated/α-hetero) is 1. The molecular weight excluding hydrogens is 435 g/mol. The first-order valence-corrected chi connectivity index (χ1v) is 11.6. The minimum Gasteiger partial charge on any atom is -0.505 e. The Labute approximate surface area is 198 Å². The zero-order chi connectivity index (χ0) is 24.4. The molecule has 1 aliphatic heterocycles. The Morgan fingerprint density at radius 2 is 1.91 bits per heavy atom. The molecule has 1 atom stereocenters. The number of aliphatic hydroxyl groups is 1. The summed E-state index contributed by atoms with van der Waals surface area (Å²) in [5.41, 5.74) is 1.87. The molecule has 7 nitrogen and oxygen atoms in total. The Hall–Kier alpha value is -3.52. The first-order valence-electron chi connectivity index (χ1n) is 11.6. The van der Waals surface area contributed by atoms with E-state index in [1.807, 2.05) is 6.07 Å². The van der Waals surface area contributed by atoms with Crippen molar-refractivity contribution in [3.8, 4) is 0 Å². The molecule has 0 saturated carbocycles. The number of ketones is 1. The Morgan fingerprint density at radius 1 is 1.15 bits per heavy atom. The third-order valence-electron chi connectivity index (χ3n) is 6.40. The lowest BCUT2D eigenvalue weighted by molar-refractivity contribution is -0.140. The van der Waals surface area contributed by atoms with Crippen LogP contribution in [0, 0.1) is 12.7 Å². The van der Waals surface area contributed by atoms with Gasteiger partial charge in [-0.25, -0.2) is 9.37 Å². The maximum absolute atomic E-state index is 14.2. The number of carbonyl (C=O) groups is 2. The Morgan fingerprint density at radius 3 is 2.62 bits per heavy atom. The molecule has 34 heavy (non-hydrogen) atoms. The molecule has 0 radical (unpaired) electrons. The van der Waals surface area contributed by atoms with E-state index >= 15 is 0 Å². The summed E-state index contributed by atoms with van der Waals surface area (Å²) in [6.07, 6.45) is 2.39. The smallest absolute Gasteiger partial charge is 0.295 e. The SMILES string of the molecule is CCN(CC)CCCN1C(=O)C(=O)/C(=C(/O)c2c(C)nc3ccccn23)[C@H]1c1cccc(F)c1. The summed E-state index contributed by atoms with van der Waals surface area (Å²) in [6.45, 7) is 8.72. The van der Waals surface area contributed by atoms with E-state index in [9.17, 15) is 19.1 Å². The molecule has 3 heterocycles. The maximum Gasteiger partial charge on any atom is 0.295 e. The highest BCUT2D eigenvalue weighted by molar-refractivity contribution is 6.46. The van der Waals surface area contributed by atoms with Crippen LogP contribution in [0.5, 0.6) is 0 Å². The molecule has 0 aliphatic carbocycles. The summed E-state index contributed by atoms with van der Waals surface area (Å²) >= 11 is 0. The lowest BCUT2D eigenvalue weighted by Gasteiger charge is -2.26. The van der Waals surface area contributed by atoms with E-state index in [0.29, 0.717) is 35.6 Å². The number of aryl methyl sites for hydroxylation is 1. The van der Waals surface area contributed by atoms with Crippen LogP contribution in [0.4, 0.5) is 4.39 Å². The van der Waals surface area contributed by atoms with Gasteiger partial charge in [-0.2, -0.15) is 0 Å². The van der Waals surface area contributed by atoms with Crippen LogP contribution in [0.2, 0.25) is 0 Å². The van der Waals surface area contributed by atoms with Gasteiger partial charge >= 0.3 is 0 Å². The zero-order valence-corrected chi connectivity index (χ0v) is 19.7. The quantitative estimate of drug-likeness (QED) is 0.310. The number of halogens is 1. The van der Waals surface area contributed by atoms with Gasteiger partial charge in [-0.1, -0.05) is 32.0 Å². The van der Waals surface area contributed by atoms with Gasteiger partial charge in [-0.3, -0.25) is 14.0 Å². The van der Waals surface area contributed by atoms with Gasteiger partial charge in [0.15, 0.2) is 5.76 Å². The number of rotatable bonds is 8. The summed E-state index contributed by atoms with van der Waals surface area (Å²) in [7, 11) is 0. The molecule has 1 fully saturated rings. The Kier molecular flexibility index (Phi) is 6.79. The van der Waals surface area contributed by atoms with Crippen molar-refractivity contribution in [3.63, 3.8) is 0 Å². The Balaban J connectivity index is 1.82. The standard InChI is InChI=1S/C26H29FN4O3/c1-4-29(5-2)13-9-15-31-23(18-10-8-11-19(27)16-18)21(25(33)26(31)34)24(32)22-17(3)28-20-12-6-7-14-30(20)22/h6-8,10-12,14,16,23,32H,4-5,9,13,15H2,1-3H3/b24-21+/t23-/m1/s1. The molecule has 1 saturated heterocycles. The first kappa shape index (κ1) is 23.6. The summed E-state index contributed by atoms with van der Waals surface area (Å²) in [6, 6.07) is 10.4. The number of benzene rings is 1. The predicted molar refractivity (Wildman–Crippen MR) is 128 cm³/mol. The second-order valence-corrected chi connectivity index (χ2v) is 8.40. The molecule has 0 unspecified atom stereocenters. The monoisotopic (exact) mass is 464 g/mol. The number of nitrogens with zero attached hydrogens (tertiary/aromatic N) is 4. The molecule has 1 aliphatic rings. The van der Waals surface area contributed by atoms with E-state index < -0.39 is 23.5 Å². The van der Waals surface area contributed by atoms with Gasteiger partial charge in [0.05, 0.1) is 17.3 Å². The molecule has 1 N–H and O–H groups in total. The highest BCUT2D eigenvalue weighted by atomic mass is 19.1. The van der Waals surface area contributed by atoms with Crippen molar-refractivity contribution < 1.29 is 19.1 Å². The minimum atomic E-state index is -0.888. The number of fused-ring (bicyclic) bond motifs is 1. The molecule has 3 aromatic rings. The van der Waals surface area contributed by atoms with Gasteiger partial charge in [-0.05, 0) is 62.8 Å². The average molecular weight is 465 g/mol. The van der Waals surface area contributed by atoms with Crippen molar-refractivity contribution in [3.05, 3.63) is 77.0 Å². The van der Waals surface area contributed by atoms with E-state index in [2.05, 4.69) is 23.7 Å². The number of likely N-dealkylation sites (tertiary alicyclic amines) is 1. The molecule has 178 valence electrons. The minimum absolute atomic E-state index is 0.0489. The fourth-order valence-corrected chi connectivity index (χ4v) is 4.66. The van der Waals surface area contributed by atoms with Gasteiger partial charge < -0.3 is 14.9 Å². The molecule has 0 spiro atoms. The number of hydrogen-bond acceptors (Lipinski definition) is 5. The third-order valence-corrected chi connectivity index (χ3v) is 6.40. The molecule has 8 heteroatoms. The second kappa shape index (κ2) is 9.77. The van der Waals surface area contributed by atoms with Crippen molar-refractivity contribution in [2.24, 2.45) is 0 Å². The third kappa shape index (κ3) is 4.21. The number of imidazole rings is 1. The molecule has 1 amide bonds. The van der Waals surface area contributed by atoms with E-state index in [-0.39, 0.29) is 11.3 Å². The van der Waals surface area contributed by atoms with Gasteiger partial charge in [0, 0.05) is 12.7 Å². The van der Waals surface area contributed by atoms with Crippen LogP contribution in [0.25, 0.3) is 11.4 Å². The highest BCUT2D eigenvalue weighted by Crippen LogP contribution is 2.40. The van der Waals surface area contributed by atoms with E-state index in [4.69, 9.17) is 0 Å². The molecule has 0 bridgehead atoms. The topological polar surface area (TPSA) is 78.2 Å². The van der Waals surface area contributed by atoms with Crippen LogP contribution in [-0.4, -0.2) is 62.2 Å². The zero-order valence-electron chi connectivity index (χ0n) is 19.7. The molecule has 2 aromatic heterocycles. The second-order valence-electron chi connectivity index (χ2n) is 8.40. The summed E-state index contributed by atoms with van der Waals surface area (Å²) in [5, 5.41) is 11.4. The van der Waals surface area contributed by atoms with Crippen LogP contribution in [0.3, 0.4) is 0 Å². The van der Waals surface area contributed by atoms with Crippen LogP contribution >= 0.6 is 0 Å². The van der Waals surface area contributed by atoms with Crippen molar-refractivity contribution >= 4 is 23.1 Å². The lowest BCUT2D eigenvalue weighted by atomic mass is 9.96. The van der Waals surface area contributed by atoms with Crippen LogP contribution in [-0.2, 0) is 9.59 Å². The van der Waals surface area contributed by atoms with Crippen LogP contribution in [0.15, 0.2) is 54.2 Å². The summed E-state index contributed by atoms with van der Waals surface area (Å²) in [4.78, 5) is 34.5. The van der Waals surface area contributed by atoms with Crippen LogP contribution < -0.4 is 0 Å². The first-order chi connectivity index (χ1) is 16.4. The van der Waals surface area contributed by atoms with E-state index in [0.717, 1.165) is 19.6 Å². The largest absolute Gasteiger partial charge is 0.505 e. The van der Waals surface area contributed by atoms with E-state index in [1.54, 1.807) is 41.8 Å². The number of amides is 1. The van der Waals surface area contributed by atoms with Crippen molar-refractivity contribution in [1.29, 1.82) is 0 Å².